The van der Waals surface area contributed by atoms with E-state index in [1.165, 1.54) is 25.7 Å². The van der Waals surface area contributed by atoms with Gasteiger partial charge in [0.1, 0.15) is 0 Å². The van der Waals surface area contributed by atoms with Crippen molar-refractivity contribution in [3.63, 3.8) is 0 Å². The summed E-state index contributed by atoms with van der Waals surface area (Å²) < 4.78 is 6.59. The van der Waals surface area contributed by atoms with Crippen LogP contribution in [0.2, 0.25) is 5.02 Å². The van der Waals surface area contributed by atoms with Gasteiger partial charge in [0, 0.05) is 11.1 Å². The lowest BCUT2D eigenvalue weighted by Gasteiger charge is -2.19. The molecule has 0 radical (unpaired) electrons. The van der Waals surface area contributed by atoms with Crippen LogP contribution >= 0.6 is 27.5 Å². The van der Waals surface area contributed by atoms with E-state index in [9.17, 15) is 0 Å². The van der Waals surface area contributed by atoms with Crippen molar-refractivity contribution in [3.05, 3.63) is 21.6 Å². The Kier molecular flexibility index (Phi) is 8.39. The number of unbranched alkanes of at least 4 members (excludes halogenated alkanes) is 3. The van der Waals surface area contributed by atoms with Crippen molar-refractivity contribution in [2.45, 2.75) is 58.9 Å². The van der Waals surface area contributed by atoms with E-state index in [1.807, 2.05) is 19.1 Å². The molecule has 1 atom stereocenters. The number of ether oxygens (including phenoxy) is 1. The summed E-state index contributed by atoms with van der Waals surface area (Å²) in [5, 5.41) is 4.22. The zero-order valence-corrected chi connectivity index (χ0v) is 15.0. The smallest absolute Gasteiger partial charge is 0.156 e. The molecule has 114 valence electrons. The van der Waals surface area contributed by atoms with Gasteiger partial charge in [-0.05, 0) is 48.3 Å². The Morgan fingerprint density at radius 3 is 2.65 bits per heavy atom. The van der Waals surface area contributed by atoms with Gasteiger partial charge in [0.15, 0.2) is 5.75 Å². The lowest BCUT2D eigenvalue weighted by molar-refractivity contribution is 0.339. The highest BCUT2D eigenvalue weighted by atomic mass is 79.9. The highest BCUT2D eigenvalue weighted by molar-refractivity contribution is 9.10. The van der Waals surface area contributed by atoms with Crippen molar-refractivity contribution >= 4 is 33.2 Å². The highest BCUT2D eigenvalue weighted by Crippen LogP contribution is 2.37. The van der Waals surface area contributed by atoms with E-state index in [0.717, 1.165) is 22.3 Å². The van der Waals surface area contributed by atoms with Gasteiger partial charge in [0.25, 0.3) is 0 Å². The van der Waals surface area contributed by atoms with Gasteiger partial charge in [-0.3, -0.25) is 0 Å². The third kappa shape index (κ3) is 5.92. The van der Waals surface area contributed by atoms with E-state index in [-0.39, 0.29) is 0 Å². The molecule has 0 aromatic heterocycles. The Morgan fingerprint density at radius 2 is 2.00 bits per heavy atom. The van der Waals surface area contributed by atoms with Gasteiger partial charge in [-0.2, -0.15) is 0 Å². The van der Waals surface area contributed by atoms with E-state index < -0.39 is 0 Å². The molecule has 0 aliphatic rings. The Balaban J connectivity index is 2.65. The van der Waals surface area contributed by atoms with Crippen LogP contribution in [0.15, 0.2) is 16.6 Å². The predicted octanol–water partition coefficient (Wildman–Crippen LogP) is 6.27. The number of rotatable bonds is 9. The molecule has 0 amide bonds. The SMILES string of the molecule is CCCCCCC(C)Nc1cc(Cl)cc(Br)c1OCC. The minimum absolute atomic E-state index is 0.413. The van der Waals surface area contributed by atoms with Crippen molar-refractivity contribution in [1.29, 1.82) is 0 Å². The maximum atomic E-state index is 6.13. The molecule has 4 heteroatoms. The molecular formula is C16H25BrClNO. The summed E-state index contributed by atoms with van der Waals surface area (Å²) >= 11 is 9.64. The Labute approximate surface area is 136 Å². The van der Waals surface area contributed by atoms with Crippen molar-refractivity contribution in [2.24, 2.45) is 0 Å². The summed E-state index contributed by atoms with van der Waals surface area (Å²) in [5.74, 6) is 0.845. The molecule has 0 saturated carbocycles. The molecule has 1 N–H and O–H groups in total. The van der Waals surface area contributed by atoms with Crippen LogP contribution in [0.1, 0.15) is 52.9 Å². The molecule has 0 fully saturated rings. The first-order chi connectivity index (χ1) is 9.58. The molecule has 1 unspecified atom stereocenters. The fourth-order valence-corrected chi connectivity index (χ4v) is 3.10. The minimum Gasteiger partial charge on any atom is -0.491 e. The summed E-state index contributed by atoms with van der Waals surface area (Å²) in [6.07, 6.45) is 6.32. The first kappa shape index (κ1) is 17.6. The highest BCUT2D eigenvalue weighted by Gasteiger charge is 2.12. The summed E-state index contributed by atoms with van der Waals surface area (Å²) in [6.45, 7) is 7.06. The Bertz CT molecular complexity index is 412. The lowest BCUT2D eigenvalue weighted by atomic mass is 10.1. The summed E-state index contributed by atoms with van der Waals surface area (Å²) in [5.41, 5.74) is 0.967. The van der Waals surface area contributed by atoms with Crippen LogP contribution in [0.5, 0.6) is 5.75 Å². The van der Waals surface area contributed by atoms with Gasteiger partial charge in [-0.15, -0.1) is 0 Å². The quantitative estimate of drug-likeness (QED) is 0.522. The van der Waals surface area contributed by atoms with E-state index >= 15 is 0 Å². The van der Waals surface area contributed by atoms with Gasteiger partial charge in [-0.25, -0.2) is 0 Å². The molecule has 1 aromatic rings. The van der Waals surface area contributed by atoms with Gasteiger partial charge >= 0.3 is 0 Å². The van der Waals surface area contributed by atoms with Gasteiger partial charge in [-0.1, -0.05) is 44.2 Å². The fourth-order valence-electron chi connectivity index (χ4n) is 2.17. The number of hydrogen-bond acceptors (Lipinski definition) is 2. The third-order valence-corrected chi connectivity index (χ3v) is 4.00. The van der Waals surface area contributed by atoms with Crippen LogP contribution in [-0.2, 0) is 0 Å². The maximum absolute atomic E-state index is 6.13. The zero-order valence-electron chi connectivity index (χ0n) is 12.6. The van der Waals surface area contributed by atoms with Crippen LogP contribution in [-0.4, -0.2) is 12.6 Å². The number of hydrogen-bond donors (Lipinski definition) is 1. The normalized spacial score (nSPS) is 12.2. The first-order valence-corrected chi connectivity index (χ1v) is 8.63. The monoisotopic (exact) mass is 361 g/mol. The fraction of sp³-hybridized carbons (Fsp3) is 0.625. The second kappa shape index (κ2) is 9.51. The van der Waals surface area contributed by atoms with Crippen molar-refractivity contribution in [1.82, 2.24) is 0 Å². The van der Waals surface area contributed by atoms with Crippen molar-refractivity contribution < 1.29 is 4.74 Å². The standard InChI is InChI=1S/C16H25BrClNO/c1-4-6-7-8-9-12(3)19-15-11-13(18)10-14(17)16(15)20-5-2/h10-12,19H,4-9H2,1-3H3. The van der Waals surface area contributed by atoms with E-state index in [1.54, 1.807) is 0 Å². The number of nitrogens with one attached hydrogen (secondary N) is 1. The van der Waals surface area contributed by atoms with Crippen LogP contribution < -0.4 is 10.1 Å². The Morgan fingerprint density at radius 1 is 1.25 bits per heavy atom. The molecule has 1 aromatic carbocycles. The molecular weight excluding hydrogens is 338 g/mol. The van der Waals surface area contributed by atoms with Gasteiger partial charge in [0.2, 0.25) is 0 Å². The maximum Gasteiger partial charge on any atom is 0.156 e. The van der Waals surface area contributed by atoms with Crippen LogP contribution in [0, 0.1) is 0 Å². The molecule has 0 saturated heterocycles. The first-order valence-electron chi connectivity index (χ1n) is 7.46. The zero-order chi connectivity index (χ0) is 15.0. The van der Waals surface area contributed by atoms with E-state index in [4.69, 9.17) is 16.3 Å². The largest absolute Gasteiger partial charge is 0.491 e. The van der Waals surface area contributed by atoms with E-state index in [2.05, 4.69) is 35.1 Å². The predicted molar refractivity (Wildman–Crippen MR) is 92.2 cm³/mol. The average molecular weight is 363 g/mol. The van der Waals surface area contributed by atoms with Crippen LogP contribution in [0.4, 0.5) is 5.69 Å². The molecule has 1 rings (SSSR count). The second-order valence-corrected chi connectivity index (χ2v) is 6.38. The van der Waals surface area contributed by atoms with Crippen molar-refractivity contribution in [2.75, 3.05) is 11.9 Å². The summed E-state index contributed by atoms with van der Waals surface area (Å²) in [4.78, 5) is 0. The Hall–Kier alpha value is -0.410. The molecule has 0 aliphatic heterocycles. The topological polar surface area (TPSA) is 21.3 Å². The number of halogens is 2. The van der Waals surface area contributed by atoms with E-state index in [0.29, 0.717) is 17.7 Å². The summed E-state index contributed by atoms with van der Waals surface area (Å²) in [7, 11) is 0. The number of benzene rings is 1. The van der Waals surface area contributed by atoms with Crippen LogP contribution in [0.25, 0.3) is 0 Å². The van der Waals surface area contributed by atoms with Crippen molar-refractivity contribution in [3.8, 4) is 5.75 Å². The molecule has 0 bridgehead atoms. The average Bonchev–Trinajstić information content (AvgIpc) is 2.39. The molecule has 20 heavy (non-hydrogen) atoms. The lowest BCUT2D eigenvalue weighted by Crippen LogP contribution is -2.16. The molecule has 0 spiro atoms. The van der Waals surface area contributed by atoms with Crippen LogP contribution in [0.3, 0.4) is 0 Å². The second-order valence-electron chi connectivity index (χ2n) is 5.09. The molecule has 0 heterocycles. The summed E-state index contributed by atoms with van der Waals surface area (Å²) in [6, 6.07) is 4.21. The molecule has 2 nitrogen and oxygen atoms in total. The number of anilines is 1. The minimum atomic E-state index is 0.413. The molecule has 0 aliphatic carbocycles. The third-order valence-electron chi connectivity index (χ3n) is 3.19. The van der Waals surface area contributed by atoms with Gasteiger partial charge < -0.3 is 10.1 Å². The van der Waals surface area contributed by atoms with Gasteiger partial charge in [0.05, 0.1) is 16.8 Å².